The third-order valence-corrected chi connectivity index (χ3v) is 4.31. The van der Waals surface area contributed by atoms with Crippen molar-refractivity contribution in [1.82, 2.24) is 9.88 Å². The maximum absolute atomic E-state index is 12.8. The Morgan fingerprint density at radius 2 is 1.80 bits per heavy atom. The molecule has 1 aromatic carbocycles. The first kappa shape index (κ1) is 17.1. The lowest BCUT2D eigenvalue weighted by atomic mass is 10.1. The summed E-state index contributed by atoms with van der Waals surface area (Å²) in [7, 11) is 1.59. The lowest BCUT2D eigenvalue weighted by Gasteiger charge is -2.36. The number of aromatic nitrogens is 1. The lowest BCUT2D eigenvalue weighted by molar-refractivity contribution is 0.0746. The second-order valence-corrected chi connectivity index (χ2v) is 5.78. The molecule has 1 aromatic heterocycles. The quantitative estimate of drug-likeness (QED) is 0.836. The molecular formula is C19H23N3O3. The van der Waals surface area contributed by atoms with E-state index in [0.717, 1.165) is 18.8 Å². The fourth-order valence-electron chi connectivity index (χ4n) is 2.98. The van der Waals surface area contributed by atoms with Gasteiger partial charge in [0.25, 0.3) is 5.91 Å². The summed E-state index contributed by atoms with van der Waals surface area (Å²) in [6, 6.07) is 9.33. The zero-order valence-electron chi connectivity index (χ0n) is 14.6. The monoisotopic (exact) mass is 341 g/mol. The van der Waals surface area contributed by atoms with Crippen molar-refractivity contribution < 1.29 is 14.3 Å². The maximum atomic E-state index is 12.8. The number of nitrogens with zero attached hydrogens (tertiary/aromatic N) is 3. The number of hydrogen-bond acceptors (Lipinski definition) is 5. The van der Waals surface area contributed by atoms with Gasteiger partial charge in [-0.25, -0.2) is 0 Å². The van der Waals surface area contributed by atoms with Gasteiger partial charge in [0, 0.05) is 49.8 Å². The van der Waals surface area contributed by atoms with Crippen LogP contribution in [0.25, 0.3) is 0 Å². The summed E-state index contributed by atoms with van der Waals surface area (Å²) >= 11 is 0. The molecule has 0 bridgehead atoms. The molecule has 0 N–H and O–H groups in total. The van der Waals surface area contributed by atoms with Crippen LogP contribution in [0.1, 0.15) is 17.3 Å². The highest BCUT2D eigenvalue weighted by atomic mass is 16.5. The van der Waals surface area contributed by atoms with Gasteiger partial charge in [-0.2, -0.15) is 0 Å². The molecule has 6 heteroatoms. The van der Waals surface area contributed by atoms with E-state index >= 15 is 0 Å². The average Bonchev–Trinajstić information content (AvgIpc) is 2.68. The molecule has 1 aliphatic heterocycles. The topological polar surface area (TPSA) is 54.9 Å². The van der Waals surface area contributed by atoms with E-state index in [1.54, 1.807) is 37.7 Å². The van der Waals surface area contributed by atoms with Gasteiger partial charge in [-0.15, -0.1) is 0 Å². The van der Waals surface area contributed by atoms with Gasteiger partial charge < -0.3 is 19.3 Å². The van der Waals surface area contributed by atoms with E-state index in [4.69, 9.17) is 9.47 Å². The molecule has 0 aliphatic carbocycles. The lowest BCUT2D eigenvalue weighted by Crippen LogP contribution is -2.48. The van der Waals surface area contributed by atoms with E-state index in [0.29, 0.717) is 36.8 Å². The normalized spacial score (nSPS) is 14.3. The summed E-state index contributed by atoms with van der Waals surface area (Å²) in [6.07, 6.45) is 3.58. The van der Waals surface area contributed by atoms with Crippen LogP contribution in [0.15, 0.2) is 42.7 Å². The highest BCUT2D eigenvalue weighted by molar-refractivity contribution is 5.95. The van der Waals surface area contributed by atoms with Crippen molar-refractivity contribution in [3.63, 3.8) is 0 Å². The number of carbonyl (C=O) groups is 1. The molecule has 1 saturated heterocycles. The van der Waals surface area contributed by atoms with Gasteiger partial charge in [-0.3, -0.25) is 9.78 Å². The van der Waals surface area contributed by atoms with Crippen molar-refractivity contribution >= 4 is 11.6 Å². The van der Waals surface area contributed by atoms with E-state index in [2.05, 4.69) is 9.88 Å². The fourth-order valence-corrected chi connectivity index (χ4v) is 2.98. The number of ether oxygens (including phenoxy) is 2. The number of rotatable bonds is 5. The third-order valence-electron chi connectivity index (χ3n) is 4.31. The minimum Gasteiger partial charge on any atom is -0.493 e. The van der Waals surface area contributed by atoms with E-state index in [9.17, 15) is 4.79 Å². The molecule has 6 nitrogen and oxygen atoms in total. The summed E-state index contributed by atoms with van der Waals surface area (Å²) in [5, 5.41) is 0. The van der Waals surface area contributed by atoms with Crippen molar-refractivity contribution in [3.05, 3.63) is 48.3 Å². The molecule has 0 saturated carbocycles. The van der Waals surface area contributed by atoms with Gasteiger partial charge in [0.05, 0.1) is 13.7 Å². The standard InChI is InChI=1S/C19H23N3O3/c1-3-25-18-14-15(4-5-17(18)24-2)19(23)22-12-10-21(11-13-22)16-6-8-20-9-7-16/h4-9,14H,3,10-13H2,1-2H3. The molecule has 1 aliphatic rings. The number of amides is 1. The predicted molar refractivity (Wildman–Crippen MR) is 96.5 cm³/mol. The van der Waals surface area contributed by atoms with Crippen LogP contribution in [0, 0.1) is 0 Å². The number of anilines is 1. The van der Waals surface area contributed by atoms with E-state index < -0.39 is 0 Å². The SMILES string of the molecule is CCOc1cc(C(=O)N2CCN(c3ccncc3)CC2)ccc1OC. The summed E-state index contributed by atoms with van der Waals surface area (Å²) in [5.74, 6) is 1.27. The Morgan fingerprint density at radius 1 is 1.08 bits per heavy atom. The van der Waals surface area contributed by atoms with Gasteiger partial charge in [0.15, 0.2) is 11.5 Å². The van der Waals surface area contributed by atoms with Crippen LogP contribution in [0.3, 0.4) is 0 Å². The van der Waals surface area contributed by atoms with Gasteiger partial charge in [-0.1, -0.05) is 0 Å². The number of hydrogen-bond donors (Lipinski definition) is 0. The number of methoxy groups -OCH3 is 1. The Balaban J connectivity index is 1.67. The second kappa shape index (κ2) is 7.88. The van der Waals surface area contributed by atoms with Crippen molar-refractivity contribution in [2.75, 3.05) is 44.8 Å². The Labute approximate surface area is 148 Å². The van der Waals surface area contributed by atoms with Crippen molar-refractivity contribution in [1.29, 1.82) is 0 Å². The maximum Gasteiger partial charge on any atom is 0.254 e. The van der Waals surface area contributed by atoms with E-state index in [1.165, 1.54) is 0 Å². The van der Waals surface area contributed by atoms with Crippen LogP contribution in [-0.4, -0.2) is 55.7 Å². The largest absolute Gasteiger partial charge is 0.493 e. The minimum absolute atomic E-state index is 0.0259. The Bertz CT molecular complexity index is 713. The zero-order valence-corrected chi connectivity index (χ0v) is 14.6. The molecule has 2 aromatic rings. The Hall–Kier alpha value is -2.76. The average molecular weight is 341 g/mol. The second-order valence-electron chi connectivity index (χ2n) is 5.78. The molecular weight excluding hydrogens is 318 g/mol. The molecule has 3 rings (SSSR count). The van der Waals surface area contributed by atoms with Gasteiger partial charge in [0.2, 0.25) is 0 Å². The highest BCUT2D eigenvalue weighted by Gasteiger charge is 2.23. The molecule has 1 fully saturated rings. The minimum atomic E-state index is 0.0259. The molecule has 0 radical (unpaired) electrons. The van der Waals surface area contributed by atoms with Gasteiger partial charge in [-0.05, 0) is 37.3 Å². The molecule has 0 spiro atoms. The molecule has 132 valence electrons. The molecule has 0 atom stereocenters. The van der Waals surface area contributed by atoms with Crippen molar-refractivity contribution in [2.24, 2.45) is 0 Å². The first-order chi connectivity index (χ1) is 12.2. The summed E-state index contributed by atoms with van der Waals surface area (Å²) < 4.78 is 10.9. The smallest absolute Gasteiger partial charge is 0.254 e. The Kier molecular flexibility index (Phi) is 5.38. The fraction of sp³-hybridized carbons (Fsp3) is 0.368. The van der Waals surface area contributed by atoms with Gasteiger partial charge >= 0.3 is 0 Å². The van der Waals surface area contributed by atoms with Gasteiger partial charge in [0.1, 0.15) is 0 Å². The van der Waals surface area contributed by atoms with Crippen LogP contribution in [-0.2, 0) is 0 Å². The van der Waals surface area contributed by atoms with E-state index in [1.807, 2.05) is 24.0 Å². The first-order valence-electron chi connectivity index (χ1n) is 8.48. The van der Waals surface area contributed by atoms with Crippen molar-refractivity contribution in [3.8, 4) is 11.5 Å². The first-order valence-corrected chi connectivity index (χ1v) is 8.48. The van der Waals surface area contributed by atoms with Crippen LogP contribution in [0.2, 0.25) is 0 Å². The zero-order chi connectivity index (χ0) is 17.6. The van der Waals surface area contributed by atoms with E-state index in [-0.39, 0.29) is 5.91 Å². The van der Waals surface area contributed by atoms with Crippen LogP contribution < -0.4 is 14.4 Å². The molecule has 1 amide bonds. The highest BCUT2D eigenvalue weighted by Crippen LogP contribution is 2.28. The number of carbonyl (C=O) groups excluding carboxylic acids is 1. The molecule has 2 heterocycles. The van der Waals surface area contributed by atoms with Crippen molar-refractivity contribution in [2.45, 2.75) is 6.92 Å². The summed E-state index contributed by atoms with van der Waals surface area (Å²) in [6.45, 7) is 5.44. The third kappa shape index (κ3) is 3.84. The summed E-state index contributed by atoms with van der Waals surface area (Å²) in [5.41, 5.74) is 1.77. The number of piperazine rings is 1. The summed E-state index contributed by atoms with van der Waals surface area (Å²) in [4.78, 5) is 21.0. The Morgan fingerprint density at radius 3 is 2.44 bits per heavy atom. The number of benzene rings is 1. The van der Waals surface area contributed by atoms with Crippen LogP contribution in [0.5, 0.6) is 11.5 Å². The predicted octanol–water partition coefficient (Wildman–Crippen LogP) is 2.45. The number of pyridine rings is 1. The van der Waals surface area contributed by atoms with Crippen LogP contribution >= 0.6 is 0 Å². The molecule has 0 unspecified atom stereocenters. The van der Waals surface area contributed by atoms with Crippen LogP contribution in [0.4, 0.5) is 5.69 Å². The molecule has 25 heavy (non-hydrogen) atoms.